The predicted molar refractivity (Wildman–Crippen MR) is 60.7 cm³/mol. The number of nitrogens with two attached hydrogens (primary N) is 1. The van der Waals surface area contributed by atoms with Crippen molar-refractivity contribution in [3.05, 3.63) is 41.3 Å². The summed E-state index contributed by atoms with van der Waals surface area (Å²) in [6, 6.07) is 8.65. The molecule has 5 nitrogen and oxygen atoms in total. The fourth-order valence-corrected chi connectivity index (χ4v) is 1.42. The van der Waals surface area contributed by atoms with E-state index in [4.69, 9.17) is 10.3 Å². The number of hydrazine groups is 1. The van der Waals surface area contributed by atoms with Gasteiger partial charge in [-0.25, -0.2) is 5.84 Å². The molecule has 0 aliphatic heterocycles. The molecule has 0 unspecified atom stereocenters. The Morgan fingerprint density at radius 3 is 2.56 bits per heavy atom. The third kappa shape index (κ3) is 2.58. The third-order valence-electron chi connectivity index (χ3n) is 2.34. The van der Waals surface area contributed by atoms with E-state index in [9.17, 15) is 0 Å². The van der Waals surface area contributed by atoms with Crippen LogP contribution in [0.4, 0.5) is 6.01 Å². The van der Waals surface area contributed by atoms with Gasteiger partial charge in [0.2, 0.25) is 5.89 Å². The molecule has 0 atom stereocenters. The summed E-state index contributed by atoms with van der Waals surface area (Å²) in [6.45, 7) is 2.07. The van der Waals surface area contributed by atoms with Gasteiger partial charge < -0.3 is 4.42 Å². The fourth-order valence-electron chi connectivity index (χ4n) is 1.42. The number of aryl methyl sites for hydroxylation is 3. The van der Waals surface area contributed by atoms with E-state index in [0.29, 0.717) is 5.89 Å². The zero-order chi connectivity index (χ0) is 11.4. The van der Waals surface area contributed by atoms with Crippen molar-refractivity contribution in [2.45, 2.75) is 19.8 Å². The minimum Gasteiger partial charge on any atom is -0.407 e. The standard InChI is InChI=1S/C11H14N4O/c1-8-2-4-9(5-3-8)6-7-10-14-15-11(13-12)16-10/h2-5H,6-7,12H2,1H3,(H,13,15). The lowest BCUT2D eigenvalue weighted by Gasteiger charge is -1.98. The lowest BCUT2D eigenvalue weighted by molar-refractivity contribution is 0.504. The first-order valence-corrected chi connectivity index (χ1v) is 5.12. The highest BCUT2D eigenvalue weighted by Gasteiger charge is 2.04. The highest BCUT2D eigenvalue weighted by molar-refractivity contribution is 5.22. The monoisotopic (exact) mass is 218 g/mol. The van der Waals surface area contributed by atoms with Crippen molar-refractivity contribution in [1.29, 1.82) is 0 Å². The lowest BCUT2D eigenvalue weighted by Crippen LogP contribution is -2.06. The molecule has 1 heterocycles. The van der Waals surface area contributed by atoms with Gasteiger partial charge in [-0.2, -0.15) is 0 Å². The molecular weight excluding hydrogens is 204 g/mol. The molecule has 0 fully saturated rings. The molecule has 1 aromatic carbocycles. The number of aromatic nitrogens is 2. The number of benzene rings is 1. The van der Waals surface area contributed by atoms with Crippen molar-refractivity contribution in [1.82, 2.24) is 10.2 Å². The number of rotatable bonds is 4. The average molecular weight is 218 g/mol. The predicted octanol–water partition coefficient (Wildman–Crippen LogP) is 1.45. The summed E-state index contributed by atoms with van der Waals surface area (Å²) in [7, 11) is 0. The molecular formula is C11H14N4O. The van der Waals surface area contributed by atoms with Crippen LogP contribution in [0.5, 0.6) is 0 Å². The number of hydrogen-bond donors (Lipinski definition) is 2. The molecule has 3 N–H and O–H groups in total. The van der Waals surface area contributed by atoms with Crippen LogP contribution in [0.2, 0.25) is 0 Å². The summed E-state index contributed by atoms with van der Waals surface area (Å²) in [5.41, 5.74) is 4.83. The first-order valence-electron chi connectivity index (χ1n) is 5.12. The second-order valence-electron chi connectivity index (χ2n) is 3.63. The second kappa shape index (κ2) is 4.76. The van der Waals surface area contributed by atoms with Gasteiger partial charge in [-0.1, -0.05) is 34.9 Å². The Kier molecular flexibility index (Phi) is 3.16. The van der Waals surface area contributed by atoms with E-state index in [-0.39, 0.29) is 6.01 Å². The van der Waals surface area contributed by atoms with Crippen molar-refractivity contribution < 1.29 is 4.42 Å². The van der Waals surface area contributed by atoms with Crippen LogP contribution < -0.4 is 11.3 Å². The van der Waals surface area contributed by atoms with Gasteiger partial charge in [0, 0.05) is 6.42 Å². The fraction of sp³-hybridized carbons (Fsp3) is 0.273. The van der Waals surface area contributed by atoms with Gasteiger partial charge in [0.05, 0.1) is 0 Å². The molecule has 84 valence electrons. The average Bonchev–Trinajstić information content (AvgIpc) is 2.76. The molecule has 0 aliphatic rings. The molecule has 0 spiro atoms. The van der Waals surface area contributed by atoms with Crippen LogP contribution in [-0.4, -0.2) is 10.2 Å². The van der Waals surface area contributed by atoms with Crippen LogP contribution in [0.15, 0.2) is 28.7 Å². The Labute approximate surface area is 93.6 Å². The highest BCUT2D eigenvalue weighted by Crippen LogP contribution is 2.09. The summed E-state index contributed by atoms with van der Waals surface area (Å²) >= 11 is 0. The van der Waals surface area contributed by atoms with E-state index in [0.717, 1.165) is 12.8 Å². The zero-order valence-corrected chi connectivity index (χ0v) is 9.10. The molecule has 5 heteroatoms. The number of nitrogen functional groups attached to an aromatic ring is 1. The summed E-state index contributed by atoms with van der Waals surface area (Å²) < 4.78 is 5.22. The van der Waals surface area contributed by atoms with E-state index < -0.39 is 0 Å². The summed E-state index contributed by atoms with van der Waals surface area (Å²) in [6.07, 6.45) is 1.60. The zero-order valence-electron chi connectivity index (χ0n) is 9.10. The maximum Gasteiger partial charge on any atom is 0.330 e. The van der Waals surface area contributed by atoms with Gasteiger partial charge in [-0.15, -0.1) is 5.10 Å². The Hall–Kier alpha value is -1.88. The van der Waals surface area contributed by atoms with Crippen LogP contribution in [0, 0.1) is 6.92 Å². The van der Waals surface area contributed by atoms with Crippen LogP contribution in [0.1, 0.15) is 17.0 Å². The first kappa shape index (κ1) is 10.6. The summed E-state index contributed by atoms with van der Waals surface area (Å²) in [4.78, 5) is 0. The Bertz CT molecular complexity index is 449. The maximum atomic E-state index is 5.22. The van der Waals surface area contributed by atoms with Gasteiger partial charge in [0.1, 0.15) is 0 Å². The topological polar surface area (TPSA) is 77.0 Å². The SMILES string of the molecule is Cc1ccc(CCc2nnc(NN)o2)cc1. The van der Waals surface area contributed by atoms with Crippen LogP contribution in [0.3, 0.4) is 0 Å². The quantitative estimate of drug-likeness (QED) is 0.600. The van der Waals surface area contributed by atoms with E-state index in [2.05, 4.69) is 46.8 Å². The Morgan fingerprint density at radius 2 is 1.94 bits per heavy atom. The molecule has 16 heavy (non-hydrogen) atoms. The minimum absolute atomic E-state index is 0.249. The Morgan fingerprint density at radius 1 is 1.19 bits per heavy atom. The molecule has 1 aromatic heterocycles. The normalized spacial score (nSPS) is 10.4. The maximum absolute atomic E-state index is 5.22. The van der Waals surface area contributed by atoms with Gasteiger partial charge in [-0.3, -0.25) is 5.43 Å². The molecule has 0 amide bonds. The van der Waals surface area contributed by atoms with Crippen molar-refractivity contribution in [2.24, 2.45) is 5.84 Å². The smallest absolute Gasteiger partial charge is 0.330 e. The van der Waals surface area contributed by atoms with Gasteiger partial charge >= 0.3 is 6.01 Å². The van der Waals surface area contributed by atoms with Gasteiger partial charge in [0.25, 0.3) is 0 Å². The summed E-state index contributed by atoms with van der Waals surface area (Å²) in [5.74, 6) is 5.73. The Balaban J connectivity index is 1.94. The van der Waals surface area contributed by atoms with E-state index in [1.807, 2.05) is 0 Å². The lowest BCUT2D eigenvalue weighted by atomic mass is 10.1. The molecule has 0 aliphatic carbocycles. The van der Waals surface area contributed by atoms with Gasteiger partial charge in [-0.05, 0) is 18.9 Å². The first-order chi connectivity index (χ1) is 7.78. The van der Waals surface area contributed by atoms with Gasteiger partial charge in [0.15, 0.2) is 0 Å². The molecule has 0 saturated heterocycles. The van der Waals surface area contributed by atoms with E-state index in [1.165, 1.54) is 11.1 Å². The third-order valence-corrected chi connectivity index (χ3v) is 2.34. The van der Waals surface area contributed by atoms with Crippen molar-refractivity contribution in [3.8, 4) is 0 Å². The number of nitrogens with one attached hydrogen (secondary N) is 1. The van der Waals surface area contributed by atoms with Crippen LogP contribution in [-0.2, 0) is 12.8 Å². The van der Waals surface area contributed by atoms with E-state index >= 15 is 0 Å². The van der Waals surface area contributed by atoms with Crippen molar-refractivity contribution in [2.75, 3.05) is 5.43 Å². The largest absolute Gasteiger partial charge is 0.407 e. The van der Waals surface area contributed by atoms with Crippen LogP contribution >= 0.6 is 0 Å². The molecule has 2 aromatic rings. The molecule has 0 saturated carbocycles. The molecule has 2 rings (SSSR count). The minimum atomic E-state index is 0.249. The van der Waals surface area contributed by atoms with Crippen molar-refractivity contribution >= 4 is 6.01 Å². The number of hydrogen-bond acceptors (Lipinski definition) is 5. The summed E-state index contributed by atoms with van der Waals surface area (Å²) in [5, 5.41) is 7.57. The van der Waals surface area contributed by atoms with E-state index in [1.54, 1.807) is 0 Å². The molecule has 0 bridgehead atoms. The number of nitrogens with zero attached hydrogens (tertiary/aromatic N) is 2. The number of anilines is 1. The second-order valence-corrected chi connectivity index (χ2v) is 3.63. The van der Waals surface area contributed by atoms with Crippen molar-refractivity contribution in [3.63, 3.8) is 0 Å². The molecule has 0 radical (unpaired) electrons. The highest BCUT2D eigenvalue weighted by atomic mass is 16.4. The van der Waals surface area contributed by atoms with Crippen LogP contribution in [0.25, 0.3) is 0 Å².